The van der Waals surface area contributed by atoms with Crippen molar-refractivity contribution in [3.8, 4) is 0 Å². The minimum absolute atomic E-state index is 0.0320. The molecule has 0 aliphatic carbocycles. The number of hydrogen-bond acceptors (Lipinski definition) is 5. The predicted molar refractivity (Wildman–Crippen MR) is 93.9 cm³/mol. The first-order chi connectivity index (χ1) is 12.1. The second-order valence-corrected chi connectivity index (χ2v) is 5.22. The average Bonchev–Trinajstić information content (AvgIpc) is 2.62. The van der Waals surface area contributed by atoms with E-state index in [9.17, 15) is 14.7 Å². The minimum atomic E-state index is -1.18. The zero-order chi connectivity index (χ0) is 18.1. The summed E-state index contributed by atoms with van der Waals surface area (Å²) < 4.78 is 10.5. The smallest absolute Gasteiger partial charge is 0.339 e. The van der Waals surface area contributed by atoms with Gasteiger partial charge in [-0.2, -0.15) is 0 Å². The van der Waals surface area contributed by atoms with Crippen molar-refractivity contribution in [2.75, 3.05) is 25.1 Å². The van der Waals surface area contributed by atoms with Gasteiger partial charge in [-0.3, -0.25) is 0 Å². The van der Waals surface area contributed by atoms with Gasteiger partial charge in [0.2, 0.25) is 0 Å². The number of carbonyl (C=O) groups excluding carboxylic acids is 1. The maximum Gasteiger partial charge on any atom is 0.339 e. The van der Waals surface area contributed by atoms with Crippen LogP contribution in [-0.4, -0.2) is 36.8 Å². The summed E-state index contributed by atoms with van der Waals surface area (Å²) in [6.45, 7) is 3.15. The summed E-state index contributed by atoms with van der Waals surface area (Å²) >= 11 is 0. The van der Waals surface area contributed by atoms with Crippen LogP contribution in [0.3, 0.4) is 0 Å². The number of hydrogen-bond donors (Lipinski definition) is 2. The van der Waals surface area contributed by atoms with Crippen LogP contribution in [0, 0.1) is 0 Å². The molecule has 132 valence electrons. The highest BCUT2D eigenvalue weighted by Crippen LogP contribution is 2.21. The zero-order valence-electron chi connectivity index (χ0n) is 14.0. The molecule has 0 atom stereocenters. The van der Waals surface area contributed by atoms with Crippen LogP contribution in [0.2, 0.25) is 0 Å². The largest absolute Gasteiger partial charge is 0.478 e. The molecule has 25 heavy (non-hydrogen) atoms. The standard InChI is InChI=1S/C19H21NO5/c1-2-25-19(23)15-9-6-10-16(17(15)18(21)22)20-11-12-24-13-14-7-4-3-5-8-14/h3-10,20H,2,11-13H2,1H3,(H,21,22). The molecule has 0 spiro atoms. The number of carboxylic acid groups (broad SMARTS) is 1. The minimum Gasteiger partial charge on any atom is -0.478 e. The molecule has 0 bridgehead atoms. The average molecular weight is 343 g/mol. The molecule has 0 unspecified atom stereocenters. The van der Waals surface area contributed by atoms with Gasteiger partial charge < -0.3 is 19.9 Å². The van der Waals surface area contributed by atoms with Crippen molar-refractivity contribution in [2.24, 2.45) is 0 Å². The molecule has 0 amide bonds. The first kappa shape index (κ1) is 18.5. The molecule has 0 heterocycles. The number of benzene rings is 2. The Kier molecular flexibility index (Phi) is 6.98. The second-order valence-electron chi connectivity index (χ2n) is 5.22. The molecule has 0 aromatic heterocycles. The number of nitrogens with one attached hydrogen (secondary N) is 1. The number of rotatable bonds is 9. The summed E-state index contributed by atoms with van der Waals surface area (Å²) in [6, 6.07) is 14.4. The number of aromatic carboxylic acids is 1. The molecule has 0 aliphatic heterocycles. The Balaban J connectivity index is 1.95. The van der Waals surface area contributed by atoms with Crippen molar-refractivity contribution in [2.45, 2.75) is 13.5 Å². The molecule has 2 aromatic carbocycles. The maximum atomic E-state index is 11.9. The highest BCUT2D eigenvalue weighted by atomic mass is 16.5. The highest BCUT2D eigenvalue weighted by molar-refractivity contribution is 6.06. The topological polar surface area (TPSA) is 84.9 Å². The Morgan fingerprint density at radius 2 is 1.84 bits per heavy atom. The second kappa shape index (κ2) is 9.44. The summed E-state index contributed by atoms with van der Waals surface area (Å²) in [5.74, 6) is -1.83. The van der Waals surface area contributed by atoms with Gasteiger partial charge in [-0.15, -0.1) is 0 Å². The van der Waals surface area contributed by atoms with Crippen LogP contribution in [0.1, 0.15) is 33.2 Å². The van der Waals surface area contributed by atoms with E-state index in [-0.39, 0.29) is 17.7 Å². The van der Waals surface area contributed by atoms with Gasteiger partial charge in [0, 0.05) is 12.2 Å². The van der Waals surface area contributed by atoms with Gasteiger partial charge in [0.05, 0.1) is 30.9 Å². The lowest BCUT2D eigenvalue weighted by molar-refractivity contribution is 0.0515. The molecule has 2 rings (SSSR count). The van der Waals surface area contributed by atoms with Gasteiger partial charge in [0.15, 0.2) is 0 Å². The van der Waals surface area contributed by atoms with E-state index in [0.717, 1.165) is 5.56 Å². The van der Waals surface area contributed by atoms with Crippen molar-refractivity contribution in [1.82, 2.24) is 0 Å². The summed E-state index contributed by atoms with van der Waals surface area (Å²) in [6.07, 6.45) is 0. The van der Waals surface area contributed by atoms with E-state index in [4.69, 9.17) is 9.47 Å². The van der Waals surface area contributed by atoms with Crippen LogP contribution >= 0.6 is 0 Å². The SMILES string of the molecule is CCOC(=O)c1cccc(NCCOCc2ccccc2)c1C(=O)O. The zero-order valence-corrected chi connectivity index (χ0v) is 14.0. The third-order valence-corrected chi connectivity index (χ3v) is 3.45. The molecular formula is C19H21NO5. The Bertz CT molecular complexity index is 715. The van der Waals surface area contributed by atoms with Crippen LogP contribution in [0.25, 0.3) is 0 Å². The summed E-state index contributed by atoms with van der Waals surface area (Å²) in [7, 11) is 0. The summed E-state index contributed by atoms with van der Waals surface area (Å²) in [4.78, 5) is 23.5. The van der Waals surface area contributed by atoms with Crippen LogP contribution in [0.5, 0.6) is 0 Å². The fourth-order valence-corrected chi connectivity index (χ4v) is 2.33. The number of esters is 1. The number of anilines is 1. The molecule has 6 nitrogen and oxygen atoms in total. The van der Waals surface area contributed by atoms with Crippen molar-refractivity contribution in [1.29, 1.82) is 0 Å². The third kappa shape index (κ3) is 5.32. The van der Waals surface area contributed by atoms with Gasteiger partial charge in [-0.05, 0) is 24.6 Å². The molecule has 2 aromatic rings. The van der Waals surface area contributed by atoms with Gasteiger partial charge in [0.25, 0.3) is 0 Å². The van der Waals surface area contributed by atoms with E-state index in [1.807, 2.05) is 30.3 Å². The Labute approximate surface area is 146 Å². The number of carbonyl (C=O) groups is 2. The first-order valence-electron chi connectivity index (χ1n) is 8.02. The van der Waals surface area contributed by atoms with Crippen molar-refractivity contribution >= 4 is 17.6 Å². The van der Waals surface area contributed by atoms with E-state index >= 15 is 0 Å². The fraction of sp³-hybridized carbons (Fsp3) is 0.263. The van der Waals surface area contributed by atoms with Crippen molar-refractivity contribution in [3.63, 3.8) is 0 Å². The van der Waals surface area contributed by atoms with E-state index < -0.39 is 11.9 Å². The van der Waals surface area contributed by atoms with Gasteiger partial charge in [-0.25, -0.2) is 9.59 Å². The lowest BCUT2D eigenvalue weighted by Crippen LogP contribution is -2.16. The quantitative estimate of drug-likeness (QED) is 0.537. The first-order valence-corrected chi connectivity index (χ1v) is 8.02. The molecule has 0 saturated heterocycles. The highest BCUT2D eigenvalue weighted by Gasteiger charge is 2.21. The molecule has 2 N–H and O–H groups in total. The number of carboxylic acids is 1. The molecule has 0 saturated carbocycles. The molecule has 0 radical (unpaired) electrons. The van der Waals surface area contributed by atoms with E-state index in [1.165, 1.54) is 6.07 Å². The van der Waals surface area contributed by atoms with Crippen LogP contribution in [-0.2, 0) is 16.1 Å². The number of ether oxygens (including phenoxy) is 2. The lowest BCUT2D eigenvalue weighted by Gasteiger charge is -2.13. The third-order valence-electron chi connectivity index (χ3n) is 3.45. The predicted octanol–water partition coefficient (Wildman–Crippen LogP) is 3.19. The van der Waals surface area contributed by atoms with E-state index in [1.54, 1.807) is 19.1 Å². The monoisotopic (exact) mass is 343 g/mol. The van der Waals surface area contributed by atoms with Crippen LogP contribution in [0.15, 0.2) is 48.5 Å². The van der Waals surface area contributed by atoms with E-state index in [2.05, 4.69) is 5.32 Å². The Morgan fingerprint density at radius 1 is 1.08 bits per heavy atom. The Morgan fingerprint density at radius 3 is 2.52 bits per heavy atom. The maximum absolute atomic E-state index is 11.9. The van der Waals surface area contributed by atoms with Gasteiger partial charge in [-0.1, -0.05) is 36.4 Å². The lowest BCUT2D eigenvalue weighted by atomic mass is 10.1. The molecule has 0 aliphatic rings. The van der Waals surface area contributed by atoms with E-state index in [0.29, 0.717) is 25.4 Å². The van der Waals surface area contributed by atoms with Crippen LogP contribution < -0.4 is 5.32 Å². The van der Waals surface area contributed by atoms with Gasteiger partial charge >= 0.3 is 11.9 Å². The van der Waals surface area contributed by atoms with Gasteiger partial charge in [0.1, 0.15) is 0 Å². The molecule has 6 heteroatoms. The summed E-state index contributed by atoms with van der Waals surface area (Å²) in [5, 5.41) is 12.4. The van der Waals surface area contributed by atoms with Crippen molar-refractivity contribution < 1.29 is 24.2 Å². The van der Waals surface area contributed by atoms with Crippen molar-refractivity contribution in [3.05, 3.63) is 65.2 Å². The van der Waals surface area contributed by atoms with Crippen LogP contribution in [0.4, 0.5) is 5.69 Å². The Hall–Kier alpha value is -2.86. The normalized spacial score (nSPS) is 10.3. The molecular weight excluding hydrogens is 322 g/mol. The fourth-order valence-electron chi connectivity index (χ4n) is 2.33. The summed E-state index contributed by atoms with van der Waals surface area (Å²) in [5.41, 5.74) is 1.37. The molecule has 0 fully saturated rings.